The SMILES string of the molecule is COC(=O)c1ccc(CN(C)CC(O)C2CC2)c(F)c1. The maximum atomic E-state index is 13.9. The van der Waals surface area contributed by atoms with Gasteiger partial charge in [-0.2, -0.15) is 0 Å². The number of methoxy groups -OCH3 is 1. The van der Waals surface area contributed by atoms with Gasteiger partial charge in [-0.1, -0.05) is 6.07 Å². The molecule has 1 aliphatic rings. The molecule has 0 radical (unpaired) electrons. The number of hydrogen-bond donors (Lipinski definition) is 1. The number of ether oxygens (including phenoxy) is 1. The first-order valence-electron chi connectivity index (χ1n) is 6.74. The van der Waals surface area contributed by atoms with Crippen LogP contribution in [-0.4, -0.2) is 42.8 Å². The van der Waals surface area contributed by atoms with Gasteiger partial charge in [-0.3, -0.25) is 4.90 Å². The van der Waals surface area contributed by atoms with E-state index < -0.39 is 11.8 Å². The minimum atomic E-state index is -0.548. The molecule has 2 rings (SSSR count). The Bertz CT molecular complexity index is 488. The molecule has 0 aromatic heterocycles. The van der Waals surface area contributed by atoms with Crippen molar-refractivity contribution in [3.05, 3.63) is 35.1 Å². The Morgan fingerprint density at radius 3 is 2.80 bits per heavy atom. The maximum Gasteiger partial charge on any atom is 0.337 e. The third-order valence-electron chi connectivity index (χ3n) is 3.58. The number of halogens is 1. The van der Waals surface area contributed by atoms with Crippen LogP contribution in [0.25, 0.3) is 0 Å². The summed E-state index contributed by atoms with van der Waals surface area (Å²) in [7, 11) is 3.11. The maximum absolute atomic E-state index is 13.9. The average Bonchev–Trinajstić information content (AvgIpc) is 3.24. The molecule has 1 saturated carbocycles. The van der Waals surface area contributed by atoms with Gasteiger partial charge in [0.25, 0.3) is 0 Å². The van der Waals surface area contributed by atoms with E-state index in [1.54, 1.807) is 12.1 Å². The van der Waals surface area contributed by atoms with E-state index in [0.29, 0.717) is 24.6 Å². The molecule has 0 saturated heterocycles. The van der Waals surface area contributed by atoms with Crippen LogP contribution in [0.2, 0.25) is 0 Å². The molecule has 0 spiro atoms. The van der Waals surface area contributed by atoms with Crippen molar-refractivity contribution in [3.8, 4) is 0 Å². The molecule has 0 aliphatic heterocycles. The molecule has 5 heteroatoms. The van der Waals surface area contributed by atoms with Gasteiger partial charge in [0.05, 0.1) is 18.8 Å². The summed E-state index contributed by atoms with van der Waals surface area (Å²) in [5.41, 5.74) is 0.706. The van der Waals surface area contributed by atoms with Crippen LogP contribution in [0.4, 0.5) is 4.39 Å². The highest BCUT2D eigenvalue weighted by atomic mass is 19.1. The number of hydrogen-bond acceptors (Lipinski definition) is 4. The molecular formula is C15H20FNO3. The third kappa shape index (κ3) is 3.77. The minimum absolute atomic E-state index is 0.203. The van der Waals surface area contributed by atoms with Crippen LogP contribution >= 0.6 is 0 Å². The summed E-state index contributed by atoms with van der Waals surface area (Å²) in [5.74, 6) is -0.572. The largest absolute Gasteiger partial charge is 0.465 e. The molecule has 110 valence electrons. The standard InChI is InChI=1S/C15H20FNO3/c1-17(9-14(18)10-3-4-10)8-12-6-5-11(7-13(12)16)15(19)20-2/h5-7,10,14,18H,3-4,8-9H2,1-2H3. The minimum Gasteiger partial charge on any atom is -0.465 e. The fourth-order valence-electron chi connectivity index (χ4n) is 2.23. The number of rotatable bonds is 6. The lowest BCUT2D eigenvalue weighted by atomic mass is 10.1. The lowest BCUT2D eigenvalue weighted by Crippen LogP contribution is -2.30. The first kappa shape index (κ1) is 14.9. The number of nitrogens with zero attached hydrogens (tertiary/aromatic N) is 1. The fourth-order valence-corrected chi connectivity index (χ4v) is 2.23. The third-order valence-corrected chi connectivity index (χ3v) is 3.58. The van der Waals surface area contributed by atoms with Gasteiger partial charge in [0.2, 0.25) is 0 Å². The summed E-state index contributed by atoms with van der Waals surface area (Å²) in [6, 6.07) is 4.32. The Balaban J connectivity index is 1.96. The van der Waals surface area contributed by atoms with E-state index >= 15 is 0 Å². The van der Waals surface area contributed by atoms with Gasteiger partial charge in [-0.25, -0.2) is 9.18 Å². The number of benzene rings is 1. The molecule has 1 unspecified atom stereocenters. The van der Waals surface area contributed by atoms with E-state index in [9.17, 15) is 14.3 Å². The van der Waals surface area contributed by atoms with Crippen molar-refractivity contribution in [1.82, 2.24) is 4.90 Å². The predicted octanol–water partition coefficient (Wildman–Crippen LogP) is 1.81. The molecule has 4 nitrogen and oxygen atoms in total. The summed E-state index contributed by atoms with van der Waals surface area (Å²) < 4.78 is 18.5. The Hall–Kier alpha value is -1.46. The monoisotopic (exact) mass is 281 g/mol. The van der Waals surface area contributed by atoms with Gasteiger partial charge in [-0.15, -0.1) is 0 Å². The van der Waals surface area contributed by atoms with Crippen molar-refractivity contribution in [3.63, 3.8) is 0 Å². The second-order valence-electron chi connectivity index (χ2n) is 5.40. The number of likely N-dealkylation sites (N-methyl/N-ethyl adjacent to an activating group) is 1. The van der Waals surface area contributed by atoms with Crippen LogP contribution in [0.5, 0.6) is 0 Å². The van der Waals surface area contributed by atoms with Gasteiger partial charge in [0, 0.05) is 18.7 Å². The number of aliphatic hydroxyl groups is 1. The molecule has 1 aromatic carbocycles. The lowest BCUT2D eigenvalue weighted by Gasteiger charge is -2.20. The van der Waals surface area contributed by atoms with Gasteiger partial charge < -0.3 is 9.84 Å². The van der Waals surface area contributed by atoms with E-state index in [4.69, 9.17) is 0 Å². The lowest BCUT2D eigenvalue weighted by molar-refractivity contribution is 0.0600. The Morgan fingerprint density at radius 2 is 2.25 bits per heavy atom. The number of aliphatic hydroxyl groups excluding tert-OH is 1. The quantitative estimate of drug-likeness (QED) is 0.808. The summed E-state index contributed by atoms with van der Waals surface area (Å²) in [6.45, 7) is 0.930. The number of carbonyl (C=O) groups excluding carboxylic acids is 1. The second-order valence-corrected chi connectivity index (χ2v) is 5.40. The van der Waals surface area contributed by atoms with Crippen LogP contribution in [0.3, 0.4) is 0 Å². The molecule has 0 bridgehead atoms. The van der Waals surface area contributed by atoms with Crippen molar-refractivity contribution in [2.75, 3.05) is 20.7 Å². The molecule has 0 heterocycles. The average molecular weight is 281 g/mol. The smallest absolute Gasteiger partial charge is 0.337 e. The van der Waals surface area contributed by atoms with E-state index in [0.717, 1.165) is 12.8 Å². The zero-order valence-corrected chi connectivity index (χ0v) is 11.8. The van der Waals surface area contributed by atoms with Gasteiger partial charge in [-0.05, 0) is 37.9 Å². The van der Waals surface area contributed by atoms with Gasteiger partial charge in [0.15, 0.2) is 0 Å². The van der Waals surface area contributed by atoms with Crippen LogP contribution in [0, 0.1) is 11.7 Å². The van der Waals surface area contributed by atoms with Crippen LogP contribution in [0.15, 0.2) is 18.2 Å². The topological polar surface area (TPSA) is 49.8 Å². The van der Waals surface area contributed by atoms with E-state index in [1.807, 2.05) is 11.9 Å². The first-order chi connectivity index (χ1) is 9.51. The summed E-state index contributed by atoms with van der Waals surface area (Å²) in [5, 5.41) is 9.86. The van der Waals surface area contributed by atoms with Crippen LogP contribution < -0.4 is 0 Å². The summed E-state index contributed by atoms with van der Waals surface area (Å²) in [6.07, 6.45) is 1.83. The van der Waals surface area contributed by atoms with E-state index in [-0.39, 0.29) is 11.7 Å². The zero-order chi connectivity index (χ0) is 14.7. The summed E-state index contributed by atoms with van der Waals surface area (Å²) in [4.78, 5) is 13.2. The molecule has 20 heavy (non-hydrogen) atoms. The van der Waals surface area contributed by atoms with Crippen molar-refractivity contribution in [2.45, 2.75) is 25.5 Å². The Labute approximate surface area is 118 Å². The zero-order valence-electron chi connectivity index (χ0n) is 11.8. The van der Waals surface area contributed by atoms with E-state index in [2.05, 4.69) is 4.74 Å². The highest BCUT2D eigenvalue weighted by molar-refractivity contribution is 5.89. The van der Waals surface area contributed by atoms with Crippen LogP contribution in [0.1, 0.15) is 28.8 Å². The fraction of sp³-hybridized carbons (Fsp3) is 0.533. The highest BCUT2D eigenvalue weighted by Crippen LogP contribution is 2.32. The highest BCUT2D eigenvalue weighted by Gasteiger charge is 2.30. The normalized spacial score (nSPS) is 16.2. The molecule has 0 amide bonds. The second kappa shape index (κ2) is 6.33. The van der Waals surface area contributed by atoms with Crippen molar-refractivity contribution < 1.29 is 19.0 Å². The molecule has 1 N–H and O–H groups in total. The van der Waals surface area contributed by atoms with Crippen LogP contribution in [-0.2, 0) is 11.3 Å². The molecule has 1 aliphatic carbocycles. The molecule has 1 aromatic rings. The first-order valence-corrected chi connectivity index (χ1v) is 6.74. The van der Waals surface area contributed by atoms with Crippen molar-refractivity contribution >= 4 is 5.97 Å². The predicted molar refractivity (Wildman–Crippen MR) is 72.8 cm³/mol. The van der Waals surface area contributed by atoms with E-state index in [1.165, 1.54) is 13.2 Å². The molecule has 1 atom stereocenters. The molecule has 1 fully saturated rings. The van der Waals surface area contributed by atoms with Gasteiger partial charge >= 0.3 is 5.97 Å². The molecular weight excluding hydrogens is 261 g/mol. The van der Waals surface area contributed by atoms with Gasteiger partial charge in [0.1, 0.15) is 5.82 Å². The van der Waals surface area contributed by atoms with Crippen molar-refractivity contribution in [1.29, 1.82) is 0 Å². The Kier molecular flexibility index (Phi) is 4.73. The summed E-state index contributed by atoms with van der Waals surface area (Å²) >= 11 is 0. The number of carbonyl (C=O) groups is 1. The van der Waals surface area contributed by atoms with Crippen molar-refractivity contribution in [2.24, 2.45) is 5.92 Å². The number of esters is 1. The Morgan fingerprint density at radius 1 is 1.55 bits per heavy atom.